The molecule has 0 heterocycles. The van der Waals surface area contributed by atoms with Crippen LogP contribution in [0.15, 0.2) is 24.3 Å². The third kappa shape index (κ3) is 4.56. The SMILES string of the molecule is CN(CCCC#N)CCc1ccccc1C(=O)O. The molecule has 0 bridgehead atoms. The van der Waals surface area contributed by atoms with Crippen LogP contribution in [0.5, 0.6) is 0 Å². The molecule has 1 aromatic carbocycles. The second-order valence-electron chi connectivity index (χ2n) is 4.28. The highest BCUT2D eigenvalue weighted by atomic mass is 16.4. The Balaban J connectivity index is 2.48. The lowest BCUT2D eigenvalue weighted by Gasteiger charge is -2.16. The van der Waals surface area contributed by atoms with Crippen molar-refractivity contribution < 1.29 is 9.90 Å². The van der Waals surface area contributed by atoms with Gasteiger partial charge in [0.15, 0.2) is 0 Å². The lowest BCUT2D eigenvalue weighted by molar-refractivity contribution is 0.0695. The summed E-state index contributed by atoms with van der Waals surface area (Å²) in [6.07, 6.45) is 2.13. The highest BCUT2D eigenvalue weighted by Crippen LogP contribution is 2.10. The molecule has 0 atom stereocenters. The second-order valence-corrected chi connectivity index (χ2v) is 4.28. The van der Waals surface area contributed by atoms with E-state index in [-0.39, 0.29) is 0 Å². The molecule has 0 aliphatic carbocycles. The first-order valence-corrected chi connectivity index (χ1v) is 6.02. The number of rotatable bonds is 7. The Kier molecular flexibility index (Phi) is 5.89. The number of hydrogen-bond acceptors (Lipinski definition) is 3. The maximum Gasteiger partial charge on any atom is 0.335 e. The summed E-state index contributed by atoms with van der Waals surface area (Å²) < 4.78 is 0. The fourth-order valence-electron chi connectivity index (χ4n) is 1.80. The first-order chi connectivity index (χ1) is 8.65. The molecule has 0 aliphatic rings. The van der Waals surface area contributed by atoms with Gasteiger partial charge in [-0.2, -0.15) is 5.26 Å². The number of aromatic carboxylic acids is 1. The number of carboxylic acid groups (broad SMARTS) is 1. The van der Waals surface area contributed by atoms with Crippen LogP contribution in [0.3, 0.4) is 0 Å². The maximum absolute atomic E-state index is 11.0. The van der Waals surface area contributed by atoms with E-state index >= 15 is 0 Å². The molecule has 0 spiro atoms. The lowest BCUT2D eigenvalue weighted by Crippen LogP contribution is -2.23. The molecule has 0 saturated carbocycles. The Bertz CT molecular complexity index is 438. The Morgan fingerprint density at radius 2 is 2.11 bits per heavy atom. The minimum absolute atomic E-state index is 0.378. The quantitative estimate of drug-likeness (QED) is 0.749. The third-order valence-corrected chi connectivity index (χ3v) is 2.84. The van der Waals surface area contributed by atoms with E-state index in [9.17, 15) is 4.79 Å². The predicted molar refractivity (Wildman–Crippen MR) is 69.4 cm³/mol. The molecule has 4 nitrogen and oxygen atoms in total. The number of carbonyl (C=O) groups is 1. The fraction of sp³-hybridized carbons (Fsp3) is 0.429. The summed E-state index contributed by atoms with van der Waals surface area (Å²) in [7, 11) is 1.99. The summed E-state index contributed by atoms with van der Waals surface area (Å²) in [5.41, 5.74) is 1.24. The third-order valence-electron chi connectivity index (χ3n) is 2.84. The topological polar surface area (TPSA) is 64.3 Å². The van der Waals surface area contributed by atoms with Gasteiger partial charge in [0.2, 0.25) is 0 Å². The van der Waals surface area contributed by atoms with Crippen molar-refractivity contribution in [1.29, 1.82) is 5.26 Å². The van der Waals surface area contributed by atoms with Crippen molar-refractivity contribution in [2.45, 2.75) is 19.3 Å². The van der Waals surface area contributed by atoms with Crippen LogP contribution in [0.25, 0.3) is 0 Å². The number of benzene rings is 1. The molecule has 1 aromatic rings. The first-order valence-electron chi connectivity index (χ1n) is 6.02. The van der Waals surface area contributed by atoms with Crippen molar-refractivity contribution in [2.75, 3.05) is 20.1 Å². The molecule has 18 heavy (non-hydrogen) atoms. The van der Waals surface area contributed by atoms with Gasteiger partial charge in [-0.3, -0.25) is 0 Å². The van der Waals surface area contributed by atoms with Gasteiger partial charge in [0.05, 0.1) is 11.6 Å². The van der Waals surface area contributed by atoms with Gasteiger partial charge >= 0.3 is 5.97 Å². The standard InChI is InChI=1S/C14H18N2O2/c1-16(10-5-4-9-15)11-8-12-6-2-3-7-13(12)14(17)18/h2-3,6-7H,4-5,8,10-11H2,1H3,(H,17,18). The first kappa shape index (κ1) is 14.2. The van der Waals surface area contributed by atoms with E-state index in [1.54, 1.807) is 12.1 Å². The molecule has 0 aliphatic heterocycles. The summed E-state index contributed by atoms with van der Waals surface area (Å²) in [5, 5.41) is 17.5. The summed E-state index contributed by atoms with van der Waals surface area (Å²) in [5.74, 6) is -0.877. The zero-order chi connectivity index (χ0) is 13.4. The second kappa shape index (κ2) is 7.46. The predicted octanol–water partition coefficient (Wildman–Crippen LogP) is 2.16. The Morgan fingerprint density at radius 3 is 2.78 bits per heavy atom. The molecule has 0 radical (unpaired) electrons. The van der Waals surface area contributed by atoms with Crippen molar-refractivity contribution in [3.63, 3.8) is 0 Å². The number of nitriles is 1. The van der Waals surface area contributed by atoms with Gasteiger partial charge in [0, 0.05) is 13.0 Å². The molecule has 0 amide bonds. The molecule has 96 valence electrons. The minimum atomic E-state index is -0.877. The zero-order valence-corrected chi connectivity index (χ0v) is 10.6. The van der Waals surface area contributed by atoms with Gasteiger partial charge in [0.25, 0.3) is 0 Å². The van der Waals surface area contributed by atoms with E-state index in [0.29, 0.717) is 18.4 Å². The number of unbranched alkanes of at least 4 members (excludes halogenated alkanes) is 1. The highest BCUT2D eigenvalue weighted by molar-refractivity contribution is 5.89. The van der Waals surface area contributed by atoms with Gasteiger partial charge < -0.3 is 10.0 Å². The van der Waals surface area contributed by atoms with Crippen molar-refractivity contribution >= 4 is 5.97 Å². The van der Waals surface area contributed by atoms with Crippen LogP contribution in [-0.2, 0) is 6.42 Å². The molecule has 4 heteroatoms. The number of hydrogen-bond donors (Lipinski definition) is 1. The smallest absolute Gasteiger partial charge is 0.335 e. The lowest BCUT2D eigenvalue weighted by atomic mass is 10.0. The fourth-order valence-corrected chi connectivity index (χ4v) is 1.80. The monoisotopic (exact) mass is 246 g/mol. The Hall–Kier alpha value is -1.86. The molecule has 0 unspecified atom stereocenters. The molecule has 1 rings (SSSR count). The summed E-state index contributed by atoms with van der Waals surface area (Å²) >= 11 is 0. The van der Waals surface area contributed by atoms with Crippen LogP contribution in [-0.4, -0.2) is 36.1 Å². The number of likely N-dealkylation sites (N-methyl/N-ethyl adjacent to an activating group) is 1. The highest BCUT2D eigenvalue weighted by Gasteiger charge is 2.09. The minimum Gasteiger partial charge on any atom is -0.478 e. The van der Waals surface area contributed by atoms with E-state index in [0.717, 1.165) is 25.1 Å². The van der Waals surface area contributed by atoms with Crippen LogP contribution in [0.2, 0.25) is 0 Å². The largest absolute Gasteiger partial charge is 0.478 e. The summed E-state index contributed by atoms with van der Waals surface area (Å²) in [6, 6.07) is 9.20. The van der Waals surface area contributed by atoms with Crippen molar-refractivity contribution in [3.05, 3.63) is 35.4 Å². The summed E-state index contributed by atoms with van der Waals surface area (Å²) in [4.78, 5) is 13.1. The molecule has 0 aromatic heterocycles. The van der Waals surface area contributed by atoms with Crippen LogP contribution in [0.1, 0.15) is 28.8 Å². The average molecular weight is 246 g/mol. The van der Waals surface area contributed by atoms with E-state index in [2.05, 4.69) is 11.0 Å². The molecule has 0 saturated heterocycles. The van der Waals surface area contributed by atoms with Crippen LogP contribution in [0, 0.1) is 11.3 Å². The van der Waals surface area contributed by atoms with E-state index in [4.69, 9.17) is 10.4 Å². The molecular formula is C14H18N2O2. The van der Waals surface area contributed by atoms with Gasteiger partial charge in [-0.25, -0.2) is 4.79 Å². The normalized spacial score (nSPS) is 10.3. The van der Waals surface area contributed by atoms with Gasteiger partial charge in [-0.15, -0.1) is 0 Å². The molecule has 0 fully saturated rings. The molecular weight excluding hydrogens is 228 g/mol. The number of carboxylic acids is 1. The van der Waals surface area contributed by atoms with Crippen molar-refractivity contribution in [3.8, 4) is 6.07 Å². The van der Waals surface area contributed by atoms with Crippen LogP contribution < -0.4 is 0 Å². The Morgan fingerprint density at radius 1 is 1.39 bits per heavy atom. The van der Waals surface area contributed by atoms with Crippen LogP contribution in [0.4, 0.5) is 0 Å². The van der Waals surface area contributed by atoms with Gasteiger partial charge in [-0.1, -0.05) is 18.2 Å². The van der Waals surface area contributed by atoms with Crippen molar-refractivity contribution in [1.82, 2.24) is 4.90 Å². The van der Waals surface area contributed by atoms with Crippen molar-refractivity contribution in [2.24, 2.45) is 0 Å². The van der Waals surface area contributed by atoms with Crippen LogP contribution >= 0.6 is 0 Å². The average Bonchev–Trinajstić information content (AvgIpc) is 2.37. The zero-order valence-electron chi connectivity index (χ0n) is 10.6. The van der Waals surface area contributed by atoms with Gasteiger partial charge in [0.1, 0.15) is 0 Å². The van der Waals surface area contributed by atoms with E-state index in [1.807, 2.05) is 19.2 Å². The van der Waals surface area contributed by atoms with E-state index in [1.165, 1.54) is 0 Å². The number of nitrogens with zero attached hydrogens (tertiary/aromatic N) is 2. The van der Waals surface area contributed by atoms with E-state index < -0.39 is 5.97 Å². The summed E-state index contributed by atoms with van der Waals surface area (Å²) in [6.45, 7) is 1.67. The molecule has 1 N–H and O–H groups in total. The maximum atomic E-state index is 11.0. The van der Waals surface area contributed by atoms with Gasteiger partial charge in [-0.05, 0) is 38.1 Å². The Labute approximate surface area is 107 Å².